The van der Waals surface area contributed by atoms with E-state index in [2.05, 4.69) is 10.4 Å². The molecule has 1 N–H and O–H groups in total. The van der Waals surface area contributed by atoms with Gasteiger partial charge in [-0.05, 0) is 30.9 Å². The number of ether oxygens (including phenoxy) is 2. The highest BCUT2D eigenvalue weighted by Crippen LogP contribution is 2.24. The van der Waals surface area contributed by atoms with Gasteiger partial charge in [-0.25, -0.2) is 14.3 Å². The van der Waals surface area contributed by atoms with E-state index < -0.39 is 30.5 Å². The summed E-state index contributed by atoms with van der Waals surface area (Å²) in [4.78, 5) is 36.5. The summed E-state index contributed by atoms with van der Waals surface area (Å²) in [7, 11) is 1.24. The van der Waals surface area contributed by atoms with Gasteiger partial charge < -0.3 is 14.8 Å². The number of methoxy groups -OCH3 is 1. The molecule has 0 bridgehead atoms. The number of aryl methyl sites for hydroxylation is 1. The van der Waals surface area contributed by atoms with Crippen LogP contribution >= 0.6 is 23.2 Å². The van der Waals surface area contributed by atoms with E-state index in [1.54, 1.807) is 13.0 Å². The Bertz CT molecular complexity index is 958. The first kappa shape index (κ1) is 24.7. The summed E-state index contributed by atoms with van der Waals surface area (Å²) in [5.41, 5.74) is 1.20. The molecule has 1 aromatic heterocycles. The summed E-state index contributed by atoms with van der Waals surface area (Å²) >= 11 is 12.5. The number of nitrogens with zero attached hydrogens (tertiary/aromatic N) is 2. The highest BCUT2D eigenvalue weighted by atomic mass is 35.5. The monoisotopic (exact) mass is 469 g/mol. The third kappa shape index (κ3) is 6.70. The number of carbonyl (C=O) groups is 3. The first-order valence-corrected chi connectivity index (χ1v) is 10.4. The Morgan fingerprint density at radius 2 is 1.87 bits per heavy atom. The standard InChI is InChI=1S/C21H25Cl2N3O5/c1-12(2)9-16(20(28)30-4)24-17(27)11-31-21(29)18-13(3)25-26(19(18)23)10-14-7-5-6-8-15(14)22/h5-8,12,16H,9-11H2,1-4H3,(H,24,27). The van der Waals surface area contributed by atoms with E-state index in [9.17, 15) is 14.4 Å². The van der Waals surface area contributed by atoms with Gasteiger partial charge in [-0.1, -0.05) is 55.2 Å². The van der Waals surface area contributed by atoms with Gasteiger partial charge in [0.15, 0.2) is 6.61 Å². The Labute approximate surface area is 190 Å². The second-order valence-electron chi connectivity index (χ2n) is 7.35. The van der Waals surface area contributed by atoms with Crippen molar-refractivity contribution in [2.24, 2.45) is 5.92 Å². The second kappa shape index (κ2) is 11.2. The molecule has 0 radical (unpaired) electrons. The minimum atomic E-state index is -0.820. The third-order valence-electron chi connectivity index (χ3n) is 4.41. The highest BCUT2D eigenvalue weighted by molar-refractivity contribution is 6.33. The molecule has 2 aromatic rings. The predicted octanol–water partition coefficient (Wildman–Crippen LogP) is 3.41. The lowest BCUT2D eigenvalue weighted by molar-refractivity contribution is -0.145. The van der Waals surface area contributed by atoms with E-state index in [0.717, 1.165) is 5.56 Å². The lowest BCUT2D eigenvalue weighted by Gasteiger charge is -2.18. The van der Waals surface area contributed by atoms with Crippen LogP contribution in [0.3, 0.4) is 0 Å². The minimum Gasteiger partial charge on any atom is -0.467 e. The topological polar surface area (TPSA) is 99.5 Å². The molecule has 0 saturated carbocycles. The van der Waals surface area contributed by atoms with Gasteiger partial charge in [0.2, 0.25) is 0 Å². The Morgan fingerprint density at radius 3 is 2.48 bits per heavy atom. The Morgan fingerprint density at radius 1 is 1.19 bits per heavy atom. The number of carbonyl (C=O) groups excluding carboxylic acids is 3. The van der Waals surface area contributed by atoms with E-state index in [0.29, 0.717) is 17.1 Å². The highest BCUT2D eigenvalue weighted by Gasteiger charge is 2.25. The van der Waals surface area contributed by atoms with Crippen LogP contribution in [0.4, 0.5) is 0 Å². The Balaban J connectivity index is 2.03. The first-order valence-electron chi connectivity index (χ1n) is 9.64. The molecule has 1 unspecified atom stereocenters. The van der Waals surface area contributed by atoms with Crippen LogP contribution in [0.2, 0.25) is 10.2 Å². The minimum absolute atomic E-state index is 0.0632. The van der Waals surface area contributed by atoms with Gasteiger partial charge in [0.1, 0.15) is 16.8 Å². The quantitative estimate of drug-likeness (QED) is 0.564. The number of rotatable bonds is 9. The van der Waals surface area contributed by atoms with E-state index >= 15 is 0 Å². The van der Waals surface area contributed by atoms with Gasteiger partial charge in [-0.2, -0.15) is 5.10 Å². The van der Waals surface area contributed by atoms with Gasteiger partial charge >= 0.3 is 11.9 Å². The smallest absolute Gasteiger partial charge is 0.343 e. The van der Waals surface area contributed by atoms with Gasteiger partial charge in [0, 0.05) is 5.02 Å². The van der Waals surface area contributed by atoms with Crippen LogP contribution in [-0.4, -0.2) is 47.4 Å². The van der Waals surface area contributed by atoms with E-state index in [-0.39, 0.29) is 23.2 Å². The molecule has 0 spiro atoms. The number of hydrogen-bond acceptors (Lipinski definition) is 6. The van der Waals surface area contributed by atoms with E-state index in [1.807, 2.05) is 32.0 Å². The Kier molecular flexibility index (Phi) is 8.88. The van der Waals surface area contributed by atoms with Crippen molar-refractivity contribution in [3.05, 3.63) is 51.3 Å². The van der Waals surface area contributed by atoms with Gasteiger partial charge in [0.05, 0.1) is 19.3 Å². The fraction of sp³-hybridized carbons (Fsp3) is 0.429. The Hall–Kier alpha value is -2.58. The number of nitrogens with one attached hydrogen (secondary N) is 1. The normalized spacial score (nSPS) is 11.8. The van der Waals surface area contributed by atoms with Crippen molar-refractivity contribution >= 4 is 41.0 Å². The van der Waals surface area contributed by atoms with Crippen molar-refractivity contribution in [3.8, 4) is 0 Å². The summed E-state index contributed by atoms with van der Waals surface area (Å²) in [6.07, 6.45) is 0.395. The van der Waals surface area contributed by atoms with E-state index in [1.165, 1.54) is 11.8 Å². The van der Waals surface area contributed by atoms with Crippen molar-refractivity contribution in [2.75, 3.05) is 13.7 Å². The van der Waals surface area contributed by atoms with Crippen LogP contribution in [0.15, 0.2) is 24.3 Å². The number of halogens is 2. The van der Waals surface area contributed by atoms with Crippen molar-refractivity contribution in [2.45, 2.75) is 39.8 Å². The van der Waals surface area contributed by atoms with E-state index in [4.69, 9.17) is 32.7 Å². The molecular formula is C21H25Cl2N3O5. The molecule has 10 heteroatoms. The summed E-state index contributed by atoms with van der Waals surface area (Å²) in [6.45, 7) is 5.13. The summed E-state index contributed by atoms with van der Waals surface area (Å²) in [5.74, 6) is -1.83. The number of hydrogen-bond donors (Lipinski definition) is 1. The summed E-state index contributed by atoms with van der Waals surface area (Å²) in [6, 6.07) is 6.39. The van der Waals surface area contributed by atoms with Gasteiger partial charge in [-0.15, -0.1) is 0 Å². The SMILES string of the molecule is COC(=O)C(CC(C)C)NC(=O)COC(=O)c1c(C)nn(Cc2ccccc2Cl)c1Cl. The fourth-order valence-corrected chi connectivity index (χ4v) is 3.45. The molecule has 1 heterocycles. The lowest BCUT2D eigenvalue weighted by atomic mass is 10.0. The molecule has 2 rings (SSSR count). The average molecular weight is 470 g/mol. The van der Waals surface area contributed by atoms with Crippen LogP contribution in [0, 0.1) is 12.8 Å². The maximum absolute atomic E-state index is 12.5. The molecule has 0 aliphatic rings. The maximum Gasteiger partial charge on any atom is 0.343 e. The molecule has 31 heavy (non-hydrogen) atoms. The molecule has 0 aliphatic heterocycles. The third-order valence-corrected chi connectivity index (χ3v) is 5.16. The number of aromatic nitrogens is 2. The number of esters is 2. The van der Waals surface area contributed by atoms with Crippen LogP contribution in [0.5, 0.6) is 0 Å². The zero-order valence-corrected chi connectivity index (χ0v) is 19.3. The van der Waals surface area contributed by atoms with Crippen molar-refractivity contribution in [1.82, 2.24) is 15.1 Å². The van der Waals surface area contributed by atoms with Gasteiger partial charge in [-0.3, -0.25) is 4.79 Å². The zero-order valence-electron chi connectivity index (χ0n) is 17.8. The molecular weight excluding hydrogens is 445 g/mol. The van der Waals surface area contributed by atoms with Crippen LogP contribution in [0.25, 0.3) is 0 Å². The first-order chi connectivity index (χ1) is 14.6. The molecule has 8 nitrogen and oxygen atoms in total. The molecule has 168 valence electrons. The van der Waals surface area contributed by atoms with Crippen molar-refractivity contribution in [1.29, 1.82) is 0 Å². The fourth-order valence-electron chi connectivity index (χ4n) is 2.94. The number of benzene rings is 1. The largest absolute Gasteiger partial charge is 0.467 e. The summed E-state index contributed by atoms with van der Waals surface area (Å²) in [5, 5.41) is 7.42. The molecule has 0 fully saturated rings. The molecule has 0 aliphatic carbocycles. The van der Waals surface area contributed by atoms with Crippen LogP contribution < -0.4 is 5.32 Å². The average Bonchev–Trinajstić information content (AvgIpc) is 2.99. The molecule has 0 saturated heterocycles. The second-order valence-corrected chi connectivity index (χ2v) is 8.11. The van der Waals surface area contributed by atoms with Gasteiger partial charge in [0.25, 0.3) is 5.91 Å². The predicted molar refractivity (Wildman–Crippen MR) is 116 cm³/mol. The number of amides is 1. The lowest BCUT2D eigenvalue weighted by Crippen LogP contribution is -2.44. The summed E-state index contributed by atoms with van der Waals surface area (Å²) < 4.78 is 11.2. The van der Waals surface area contributed by atoms with Crippen LogP contribution in [0.1, 0.15) is 41.9 Å². The van der Waals surface area contributed by atoms with Crippen molar-refractivity contribution in [3.63, 3.8) is 0 Å². The van der Waals surface area contributed by atoms with Crippen LogP contribution in [-0.2, 0) is 25.6 Å². The molecule has 1 aromatic carbocycles. The zero-order chi connectivity index (χ0) is 23.1. The molecule has 1 amide bonds. The maximum atomic E-state index is 12.5. The van der Waals surface area contributed by atoms with Crippen molar-refractivity contribution < 1.29 is 23.9 Å². The molecule has 1 atom stereocenters.